The Bertz CT molecular complexity index is 1200. The molecule has 0 radical (unpaired) electrons. The van der Waals surface area contributed by atoms with Gasteiger partial charge in [-0.2, -0.15) is 0 Å². The van der Waals surface area contributed by atoms with Crippen LogP contribution < -0.4 is 15.4 Å². The Labute approximate surface area is 215 Å². The molecule has 0 saturated carbocycles. The van der Waals surface area contributed by atoms with Crippen molar-refractivity contribution in [3.8, 4) is 16.9 Å². The van der Waals surface area contributed by atoms with Gasteiger partial charge in [-0.05, 0) is 75.2 Å². The lowest BCUT2D eigenvalue weighted by molar-refractivity contribution is -0.119. The number of carbonyl (C=O) groups excluding carboxylic acids is 2. The second kappa shape index (κ2) is 12.5. The van der Waals surface area contributed by atoms with Gasteiger partial charge in [-0.25, -0.2) is 4.79 Å². The van der Waals surface area contributed by atoms with Crippen molar-refractivity contribution in [2.45, 2.75) is 40.5 Å². The van der Waals surface area contributed by atoms with Crippen LogP contribution in [0.2, 0.25) is 0 Å². The number of benzene rings is 2. The molecule has 3 rings (SSSR count). The Morgan fingerprint density at radius 3 is 2.46 bits per heavy atom. The summed E-state index contributed by atoms with van der Waals surface area (Å²) < 4.78 is 11.0. The number of aryl methyl sites for hydroxylation is 3. The zero-order valence-corrected chi connectivity index (χ0v) is 22.0. The highest BCUT2D eigenvalue weighted by Gasteiger charge is 2.22. The molecule has 0 fully saturated rings. The first kappa shape index (κ1) is 26.4. The predicted molar refractivity (Wildman–Crippen MR) is 145 cm³/mol. The molecule has 0 saturated heterocycles. The highest BCUT2D eigenvalue weighted by Crippen LogP contribution is 2.37. The molecule has 0 spiro atoms. The van der Waals surface area contributed by atoms with Gasteiger partial charge < -0.3 is 20.1 Å². The quantitative estimate of drug-likeness (QED) is 0.203. The summed E-state index contributed by atoms with van der Waals surface area (Å²) in [6.07, 6.45) is 0.809. The first-order valence-electron chi connectivity index (χ1n) is 11.4. The molecule has 184 valence electrons. The topological polar surface area (TPSA) is 76.7 Å². The fraction of sp³-hybridized carbons (Fsp3) is 0.296. The number of amides is 1. The molecule has 8 heteroatoms. The lowest BCUT2D eigenvalue weighted by Crippen LogP contribution is -2.34. The standard InChI is InChI=1S/C27H30N2O4S2/c1-5-32-26(31)24-22(20-11-10-18(3)19(4)15-20)16-35-25(24)29-27(34)28-23(30)7-6-14-33-21-12-8-17(2)9-13-21/h8-13,15-16H,5-7,14H2,1-4H3,(H2,28,29,30,34). The third kappa shape index (κ3) is 7.37. The molecule has 3 aromatic rings. The van der Waals surface area contributed by atoms with Crippen molar-refractivity contribution in [2.75, 3.05) is 18.5 Å². The molecule has 0 aliphatic carbocycles. The molecule has 6 nitrogen and oxygen atoms in total. The maximum absolute atomic E-state index is 12.8. The van der Waals surface area contributed by atoms with E-state index < -0.39 is 5.97 Å². The first-order chi connectivity index (χ1) is 16.8. The van der Waals surface area contributed by atoms with Gasteiger partial charge in [0.2, 0.25) is 5.91 Å². The number of hydrogen-bond acceptors (Lipinski definition) is 6. The van der Waals surface area contributed by atoms with E-state index in [1.807, 2.05) is 68.6 Å². The molecule has 2 N–H and O–H groups in total. The molecular formula is C27H30N2O4S2. The van der Waals surface area contributed by atoms with E-state index in [4.69, 9.17) is 21.7 Å². The average Bonchev–Trinajstić information content (AvgIpc) is 3.23. The minimum Gasteiger partial charge on any atom is -0.494 e. The SMILES string of the molecule is CCOC(=O)c1c(-c2ccc(C)c(C)c2)csc1NC(=S)NC(=O)CCCOc1ccc(C)cc1. The Kier molecular flexibility index (Phi) is 9.39. The minimum atomic E-state index is -0.438. The summed E-state index contributed by atoms with van der Waals surface area (Å²) in [6.45, 7) is 8.54. The van der Waals surface area contributed by atoms with E-state index in [9.17, 15) is 9.59 Å². The van der Waals surface area contributed by atoms with Crippen molar-refractivity contribution >= 4 is 45.5 Å². The zero-order chi connectivity index (χ0) is 25.4. The molecule has 1 amide bonds. The second-order valence-electron chi connectivity index (χ2n) is 8.14. The highest BCUT2D eigenvalue weighted by molar-refractivity contribution is 7.80. The van der Waals surface area contributed by atoms with E-state index in [1.54, 1.807) is 6.92 Å². The Hall–Kier alpha value is -3.23. The summed E-state index contributed by atoms with van der Waals surface area (Å²) in [5.41, 5.74) is 5.56. The Morgan fingerprint density at radius 2 is 1.77 bits per heavy atom. The zero-order valence-electron chi connectivity index (χ0n) is 20.4. The summed E-state index contributed by atoms with van der Waals surface area (Å²) in [4.78, 5) is 25.1. The van der Waals surface area contributed by atoms with Crippen LogP contribution >= 0.6 is 23.6 Å². The molecule has 0 bridgehead atoms. The largest absolute Gasteiger partial charge is 0.494 e. The van der Waals surface area contributed by atoms with Crippen molar-refractivity contribution in [2.24, 2.45) is 0 Å². The van der Waals surface area contributed by atoms with E-state index in [0.717, 1.165) is 28.0 Å². The number of carbonyl (C=O) groups is 2. The minimum absolute atomic E-state index is 0.133. The molecule has 35 heavy (non-hydrogen) atoms. The van der Waals surface area contributed by atoms with E-state index >= 15 is 0 Å². The van der Waals surface area contributed by atoms with Crippen LogP contribution in [0.4, 0.5) is 5.00 Å². The van der Waals surface area contributed by atoms with Gasteiger partial charge in [0.15, 0.2) is 5.11 Å². The van der Waals surface area contributed by atoms with Crippen molar-refractivity contribution in [3.63, 3.8) is 0 Å². The Morgan fingerprint density at radius 1 is 1.03 bits per heavy atom. The van der Waals surface area contributed by atoms with Crippen LogP contribution in [0, 0.1) is 20.8 Å². The summed E-state index contributed by atoms with van der Waals surface area (Å²) >= 11 is 6.67. The number of thiocarbonyl (C=S) groups is 1. The molecule has 1 aromatic heterocycles. The van der Waals surface area contributed by atoms with Gasteiger partial charge in [0.25, 0.3) is 0 Å². The normalized spacial score (nSPS) is 10.5. The summed E-state index contributed by atoms with van der Waals surface area (Å²) in [6, 6.07) is 13.8. The number of esters is 1. The van der Waals surface area contributed by atoms with Gasteiger partial charge in [-0.1, -0.05) is 35.9 Å². The third-order valence-electron chi connectivity index (χ3n) is 5.41. The fourth-order valence-electron chi connectivity index (χ4n) is 3.36. The van der Waals surface area contributed by atoms with Crippen molar-refractivity contribution in [1.29, 1.82) is 0 Å². The number of anilines is 1. The molecule has 1 heterocycles. The van der Waals surface area contributed by atoms with Crippen LogP contribution in [0.15, 0.2) is 47.8 Å². The van der Waals surface area contributed by atoms with Gasteiger partial charge in [0.05, 0.1) is 13.2 Å². The number of thiophene rings is 1. The summed E-state index contributed by atoms with van der Waals surface area (Å²) in [5.74, 6) is 0.113. The maximum atomic E-state index is 12.8. The number of ether oxygens (including phenoxy) is 2. The molecular weight excluding hydrogens is 480 g/mol. The molecule has 0 aliphatic heterocycles. The van der Waals surface area contributed by atoms with Gasteiger partial charge in [-0.3, -0.25) is 4.79 Å². The van der Waals surface area contributed by atoms with Crippen LogP contribution in [0.1, 0.15) is 46.8 Å². The molecule has 0 aliphatic rings. The van der Waals surface area contributed by atoms with Crippen LogP contribution in [0.25, 0.3) is 11.1 Å². The summed E-state index contributed by atoms with van der Waals surface area (Å²) in [5, 5.41) is 8.24. The van der Waals surface area contributed by atoms with Crippen LogP contribution in [-0.4, -0.2) is 30.2 Å². The van der Waals surface area contributed by atoms with Gasteiger partial charge in [-0.15, -0.1) is 11.3 Å². The number of rotatable bonds is 9. The maximum Gasteiger partial charge on any atom is 0.341 e. The first-order valence-corrected chi connectivity index (χ1v) is 12.7. The van der Waals surface area contributed by atoms with Crippen LogP contribution in [0.3, 0.4) is 0 Å². The predicted octanol–water partition coefficient (Wildman–Crippen LogP) is 6.19. The smallest absolute Gasteiger partial charge is 0.341 e. The van der Waals surface area contributed by atoms with E-state index in [2.05, 4.69) is 10.6 Å². The molecule has 2 aromatic carbocycles. The number of nitrogens with one attached hydrogen (secondary N) is 2. The number of hydrogen-bond donors (Lipinski definition) is 2. The van der Waals surface area contributed by atoms with Crippen LogP contribution in [-0.2, 0) is 9.53 Å². The molecule has 0 atom stereocenters. The van der Waals surface area contributed by atoms with Gasteiger partial charge in [0.1, 0.15) is 16.3 Å². The lowest BCUT2D eigenvalue weighted by Gasteiger charge is -2.12. The van der Waals surface area contributed by atoms with Crippen LogP contribution in [0.5, 0.6) is 5.75 Å². The van der Waals surface area contributed by atoms with E-state index in [-0.39, 0.29) is 24.0 Å². The fourth-order valence-corrected chi connectivity index (χ4v) is 4.60. The van der Waals surface area contributed by atoms with E-state index in [0.29, 0.717) is 23.6 Å². The Balaban J connectivity index is 1.60. The van der Waals surface area contributed by atoms with E-state index in [1.165, 1.54) is 16.9 Å². The van der Waals surface area contributed by atoms with Crippen molar-refractivity contribution in [3.05, 3.63) is 70.1 Å². The van der Waals surface area contributed by atoms with Crippen molar-refractivity contribution in [1.82, 2.24) is 5.32 Å². The summed E-state index contributed by atoms with van der Waals surface area (Å²) in [7, 11) is 0. The molecule has 0 unspecified atom stereocenters. The monoisotopic (exact) mass is 510 g/mol. The third-order valence-corrected chi connectivity index (χ3v) is 6.51. The lowest BCUT2D eigenvalue weighted by atomic mass is 9.99. The van der Waals surface area contributed by atoms with Gasteiger partial charge in [0, 0.05) is 17.4 Å². The second-order valence-corrected chi connectivity index (χ2v) is 9.43. The highest BCUT2D eigenvalue weighted by atomic mass is 32.1. The average molecular weight is 511 g/mol. The van der Waals surface area contributed by atoms with Crippen molar-refractivity contribution < 1.29 is 19.1 Å². The van der Waals surface area contributed by atoms with Gasteiger partial charge >= 0.3 is 5.97 Å².